The molecule has 2 unspecified atom stereocenters. The Bertz CT molecular complexity index is 417. The van der Waals surface area contributed by atoms with Crippen molar-refractivity contribution in [1.29, 1.82) is 0 Å². The quantitative estimate of drug-likeness (QED) is 0.782. The van der Waals surface area contributed by atoms with E-state index < -0.39 is 0 Å². The van der Waals surface area contributed by atoms with Crippen molar-refractivity contribution < 1.29 is 0 Å². The van der Waals surface area contributed by atoms with E-state index in [0.29, 0.717) is 12.1 Å². The number of hydrogen-bond donors (Lipinski definition) is 0. The molecule has 1 aromatic heterocycles. The number of anilines is 1. The van der Waals surface area contributed by atoms with E-state index in [1.807, 2.05) is 11.7 Å². The second-order valence-corrected chi connectivity index (χ2v) is 5.97. The van der Waals surface area contributed by atoms with Gasteiger partial charge in [0.25, 0.3) is 0 Å². The van der Waals surface area contributed by atoms with Gasteiger partial charge in [0.1, 0.15) is 5.82 Å². The van der Waals surface area contributed by atoms with Crippen LogP contribution < -0.4 is 4.90 Å². The minimum atomic E-state index is 0.576. The van der Waals surface area contributed by atoms with E-state index >= 15 is 0 Å². The Morgan fingerprint density at radius 1 is 1.22 bits per heavy atom. The number of hydrogen-bond acceptors (Lipinski definition) is 3. The summed E-state index contributed by atoms with van der Waals surface area (Å²) in [6.07, 6.45) is 0. The van der Waals surface area contributed by atoms with Gasteiger partial charge in [0.2, 0.25) is 0 Å². The number of aryl methyl sites for hydroxylation is 2. The van der Waals surface area contributed by atoms with Crippen LogP contribution in [0.2, 0.25) is 0 Å². The van der Waals surface area contributed by atoms with Gasteiger partial charge in [-0.25, -0.2) is 0 Å². The smallest absolute Gasteiger partial charge is 0.130 e. The maximum atomic E-state index is 4.56. The van der Waals surface area contributed by atoms with Crippen molar-refractivity contribution in [1.82, 2.24) is 14.7 Å². The molecule has 0 aliphatic carbocycles. The summed E-state index contributed by atoms with van der Waals surface area (Å²) in [6, 6.07) is 1.15. The van der Waals surface area contributed by atoms with Crippen LogP contribution in [-0.2, 0) is 12.4 Å². The predicted molar refractivity (Wildman–Crippen MR) is 79.5 cm³/mol. The highest BCUT2D eigenvalue weighted by Crippen LogP contribution is 2.28. The molecule has 0 bridgehead atoms. The van der Waals surface area contributed by atoms with E-state index in [2.05, 4.69) is 58.6 Å². The largest absolute Gasteiger partial charge is 0.353 e. The molecular weight excluding hydrogens is 292 g/mol. The molecule has 4 nitrogen and oxygen atoms in total. The van der Waals surface area contributed by atoms with Crippen molar-refractivity contribution in [2.45, 2.75) is 38.2 Å². The highest BCUT2D eigenvalue weighted by molar-refractivity contribution is 9.08. The van der Waals surface area contributed by atoms with E-state index in [4.69, 9.17) is 0 Å². The summed E-state index contributed by atoms with van der Waals surface area (Å²) in [5, 5.41) is 5.43. The minimum absolute atomic E-state index is 0.576. The molecule has 0 spiro atoms. The zero-order chi connectivity index (χ0) is 13.4. The van der Waals surface area contributed by atoms with Crippen LogP contribution in [0.1, 0.15) is 25.1 Å². The third-order valence-electron chi connectivity index (χ3n) is 4.11. The molecular formula is C13H23BrN4. The standard InChI is InChI=1S/C13H23BrN4/c1-9-7-18(8-10(2)16(9)4)13-12(6-14)11(3)15-17(13)5/h9-10H,6-8H2,1-5H3. The zero-order valence-corrected chi connectivity index (χ0v) is 13.5. The van der Waals surface area contributed by atoms with Crippen LogP contribution in [0, 0.1) is 6.92 Å². The molecule has 1 aliphatic rings. The molecule has 102 valence electrons. The van der Waals surface area contributed by atoms with Crippen molar-refractivity contribution in [3.8, 4) is 0 Å². The van der Waals surface area contributed by atoms with E-state index in [1.165, 1.54) is 11.4 Å². The first-order chi connectivity index (χ1) is 8.45. The highest BCUT2D eigenvalue weighted by Gasteiger charge is 2.29. The summed E-state index contributed by atoms with van der Waals surface area (Å²) in [5.41, 5.74) is 2.45. The maximum absolute atomic E-state index is 4.56. The Kier molecular flexibility index (Phi) is 4.02. The molecule has 1 fully saturated rings. The molecule has 5 heteroatoms. The van der Waals surface area contributed by atoms with Crippen molar-refractivity contribution in [2.24, 2.45) is 7.05 Å². The second kappa shape index (κ2) is 5.21. The van der Waals surface area contributed by atoms with Gasteiger partial charge in [0.15, 0.2) is 0 Å². The van der Waals surface area contributed by atoms with Crippen molar-refractivity contribution in [2.75, 3.05) is 25.0 Å². The van der Waals surface area contributed by atoms with Crippen LogP contribution in [0.25, 0.3) is 0 Å². The number of alkyl halides is 1. The average Bonchev–Trinajstić information content (AvgIpc) is 2.59. The van der Waals surface area contributed by atoms with Crippen LogP contribution in [0.3, 0.4) is 0 Å². The molecule has 1 aromatic rings. The highest BCUT2D eigenvalue weighted by atomic mass is 79.9. The fourth-order valence-corrected chi connectivity index (χ4v) is 3.48. The first-order valence-corrected chi connectivity index (χ1v) is 7.63. The first-order valence-electron chi connectivity index (χ1n) is 6.51. The normalized spacial score (nSPS) is 25.8. The van der Waals surface area contributed by atoms with Gasteiger partial charge in [-0.2, -0.15) is 5.10 Å². The molecule has 2 heterocycles. The van der Waals surface area contributed by atoms with E-state index in [9.17, 15) is 0 Å². The molecule has 0 saturated carbocycles. The van der Waals surface area contributed by atoms with Gasteiger partial charge in [-0.15, -0.1) is 0 Å². The van der Waals surface area contributed by atoms with Gasteiger partial charge in [0.05, 0.1) is 5.69 Å². The summed E-state index contributed by atoms with van der Waals surface area (Å²) in [7, 11) is 4.26. The number of rotatable bonds is 2. The van der Waals surface area contributed by atoms with E-state index in [-0.39, 0.29) is 0 Å². The summed E-state index contributed by atoms with van der Waals surface area (Å²) in [5.74, 6) is 1.27. The Balaban J connectivity index is 2.32. The molecule has 0 radical (unpaired) electrons. The fraction of sp³-hybridized carbons (Fsp3) is 0.769. The summed E-state index contributed by atoms with van der Waals surface area (Å²) >= 11 is 3.59. The third kappa shape index (κ3) is 2.30. The lowest BCUT2D eigenvalue weighted by atomic mass is 10.1. The second-order valence-electron chi connectivity index (χ2n) is 5.41. The van der Waals surface area contributed by atoms with Gasteiger partial charge >= 0.3 is 0 Å². The van der Waals surface area contributed by atoms with Crippen molar-refractivity contribution in [3.63, 3.8) is 0 Å². The summed E-state index contributed by atoms with van der Waals surface area (Å²) in [4.78, 5) is 4.93. The fourth-order valence-electron chi connectivity index (χ4n) is 2.82. The van der Waals surface area contributed by atoms with Crippen LogP contribution in [0.15, 0.2) is 0 Å². The molecule has 0 N–H and O–H groups in total. The molecule has 1 aliphatic heterocycles. The molecule has 18 heavy (non-hydrogen) atoms. The molecule has 2 rings (SSSR count). The van der Waals surface area contributed by atoms with Gasteiger partial charge in [-0.05, 0) is 27.8 Å². The minimum Gasteiger partial charge on any atom is -0.353 e. The lowest BCUT2D eigenvalue weighted by Crippen LogP contribution is -2.55. The number of piperazine rings is 1. The number of halogens is 1. The average molecular weight is 315 g/mol. The summed E-state index contributed by atoms with van der Waals surface area (Å²) in [6.45, 7) is 8.81. The lowest BCUT2D eigenvalue weighted by molar-refractivity contribution is 0.169. The van der Waals surface area contributed by atoms with Crippen LogP contribution in [0.4, 0.5) is 5.82 Å². The van der Waals surface area contributed by atoms with Crippen LogP contribution in [-0.4, -0.2) is 46.9 Å². The van der Waals surface area contributed by atoms with E-state index in [0.717, 1.165) is 24.1 Å². The molecule has 2 atom stereocenters. The van der Waals surface area contributed by atoms with Gasteiger partial charge in [-0.1, -0.05) is 15.9 Å². The Morgan fingerprint density at radius 2 is 1.78 bits per heavy atom. The SMILES string of the molecule is Cc1nn(C)c(N2CC(C)N(C)C(C)C2)c1CBr. The number of likely N-dealkylation sites (N-methyl/N-ethyl adjacent to an activating group) is 1. The van der Waals surface area contributed by atoms with Crippen LogP contribution in [0.5, 0.6) is 0 Å². The topological polar surface area (TPSA) is 24.3 Å². The van der Waals surface area contributed by atoms with Crippen molar-refractivity contribution in [3.05, 3.63) is 11.3 Å². The monoisotopic (exact) mass is 314 g/mol. The molecule has 0 aromatic carbocycles. The van der Waals surface area contributed by atoms with Gasteiger partial charge in [0, 0.05) is 43.1 Å². The Morgan fingerprint density at radius 3 is 2.28 bits per heavy atom. The predicted octanol–water partition coefficient (Wildman–Crippen LogP) is 2.15. The van der Waals surface area contributed by atoms with Gasteiger partial charge in [-0.3, -0.25) is 9.58 Å². The summed E-state index contributed by atoms with van der Waals surface area (Å²) < 4.78 is 2.02. The van der Waals surface area contributed by atoms with Crippen LogP contribution >= 0.6 is 15.9 Å². The van der Waals surface area contributed by atoms with Crippen molar-refractivity contribution >= 4 is 21.7 Å². The maximum Gasteiger partial charge on any atom is 0.130 e. The molecule has 0 amide bonds. The third-order valence-corrected chi connectivity index (χ3v) is 4.67. The zero-order valence-electron chi connectivity index (χ0n) is 11.9. The molecule has 1 saturated heterocycles. The van der Waals surface area contributed by atoms with E-state index in [1.54, 1.807) is 0 Å². The lowest BCUT2D eigenvalue weighted by Gasteiger charge is -2.43. The first kappa shape index (κ1) is 13.9. The Labute approximate surface area is 118 Å². The number of aromatic nitrogens is 2. The van der Waals surface area contributed by atoms with Gasteiger partial charge < -0.3 is 4.90 Å². The number of nitrogens with zero attached hydrogens (tertiary/aromatic N) is 4. The Hall–Kier alpha value is -0.550.